The van der Waals surface area contributed by atoms with Gasteiger partial charge in [-0.25, -0.2) is 0 Å². The van der Waals surface area contributed by atoms with Crippen LogP contribution in [-0.4, -0.2) is 33.0 Å². The van der Waals surface area contributed by atoms with E-state index < -0.39 is 22.8 Å². The molecule has 0 bridgehead atoms. The van der Waals surface area contributed by atoms with Gasteiger partial charge in [0, 0.05) is 17.5 Å². The second-order valence-electron chi connectivity index (χ2n) is 6.69. The Morgan fingerprint density at radius 1 is 0.833 bits per heavy atom. The molecule has 0 saturated carbocycles. The Morgan fingerprint density at radius 2 is 1.38 bits per heavy atom. The molecule has 4 nitrogen and oxygen atoms in total. The van der Waals surface area contributed by atoms with Crippen LogP contribution in [0.4, 0.5) is 0 Å². The largest absolute Gasteiger partial charge is 0.382 e. The van der Waals surface area contributed by atoms with Crippen LogP contribution < -0.4 is 0 Å². The molecule has 0 amide bonds. The fourth-order valence-electron chi connectivity index (χ4n) is 2.58. The van der Waals surface area contributed by atoms with Crippen LogP contribution in [0.25, 0.3) is 0 Å². The van der Waals surface area contributed by atoms with E-state index in [4.69, 9.17) is 0 Å². The topological polar surface area (TPSA) is 74.6 Å². The van der Waals surface area contributed by atoms with Crippen LogP contribution in [0.5, 0.6) is 0 Å². The first-order valence-electron chi connectivity index (χ1n) is 7.80. The van der Waals surface area contributed by atoms with Gasteiger partial charge in [0.15, 0.2) is 11.6 Å². The highest BCUT2D eigenvalue weighted by atomic mass is 16.3. The fourth-order valence-corrected chi connectivity index (χ4v) is 2.58. The molecule has 2 aromatic rings. The van der Waals surface area contributed by atoms with E-state index in [1.165, 1.54) is 20.8 Å². The zero-order valence-corrected chi connectivity index (χ0v) is 14.1. The summed E-state index contributed by atoms with van der Waals surface area (Å²) in [6.45, 7) is 4.27. The standard InChI is InChI=1S/C20H22O4/c1-19(2,23)18(22)16-12-8-7-11-15(16)13-20(3,24)17(21)14-9-5-4-6-10-14/h4-12,23-24H,13H2,1-3H3. The Kier molecular flexibility index (Phi) is 5.02. The SMILES string of the molecule is CC(C)(O)C(=O)c1ccccc1CC(C)(O)C(=O)c1ccccc1. The maximum atomic E-state index is 12.6. The monoisotopic (exact) mass is 326 g/mol. The molecular weight excluding hydrogens is 304 g/mol. The van der Waals surface area contributed by atoms with Crippen LogP contribution in [0.2, 0.25) is 0 Å². The Balaban J connectivity index is 2.34. The quantitative estimate of drug-likeness (QED) is 0.801. The summed E-state index contributed by atoms with van der Waals surface area (Å²) in [5.74, 6) is -0.852. The summed E-state index contributed by atoms with van der Waals surface area (Å²) in [4.78, 5) is 25.0. The van der Waals surface area contributed by atoms with E-state index in [2.05, 4.69) is 0 Å². The Bertz CT molecular complexity index is 740. The number of rotatable bonds is 6. The molecule has 0 saturated heterocycles. The predicted molar refractivity (Wildman–Crippen MR) is 92.2 cm³/mol. The third-order valence-electron chi connectivity index (χ3n) is 3.88. The first-order valence-corrected chi connectivity index (χ1v) is 7.80. The van der Waals surface area contributed by atoms with Crippen molar-refractivity contribution in [2.75, 3.05) is 0 Å². The molecule has 0 heterocycles. The number of carbonyl (C=O) groups is 2. The summed E-state index contributed by atoms with van der Waals surface area (Å²) in [6, 6.07) is 15.3. The van der Waals surface area contributed by atoms with Gasteiger partial charge in [0.05, 0.1) is 0 Å². The van der Waals surface area contributed by atoms with E-state index in [1.807, 2.05) is 0 Å². The normalized spacial score (nSPS) is 14.0. The number of hydrogen-bond acceptors (Lipinski definition) is 4. The molecule has 0 aromatic heterocycles. The number of hydrogen-bond donors (Lipinski definition) is 2. The van der Waals surface area contributed by atoms with Gasteiger partial charge in [0.25, 0.3) is 0 Å². The third kappa shape index (κ3) is 3.96. The molecule has 2 aromatic carbocycles. The minimum Gasteiger partial charge on any atom is -0.382 e. The van der Waals surface area contributed by atoms with Crippen molar-refractivity contribution in [3.05, 3.63) is 71.3 Å². The lowest BCUT2D eigenvalue weighted by atomic mass is 9.84. The van der Waals surface area contributed by atoms with E-state index >= 15 is 0 Å². The Labute approximate surface area is 141 Å². The van der Waals surface area contributed by atoms with Crippen LogP contribution in [0, 0.1) is 0 Å². The van der Waals surface area contributed by atoms with Gasteiger partial charge in [-0.3, -0.25) is 9.59 Å². The van der Waals surface area contributed by atoms with Gasteiger partial charge in [-0.15, -0.1) is 0 Å². The van der Waals surface area contributed by atoms with Gasteiger partial charge in [-0.2, -0.15) is 0 Å². The van der Waals surface area contributed by atoms with Crippen LogP contribution in [0.3, 0.4) is 0 Å². The number of ketones is 2. The summed E-state index contributed by atoms with van der Waals surface area (Å²) in [7, 11) is 0. The summed E-state index contributed by atoms with van der Waals surface area (Å²) in [6.07, 6.45) is -0.0152. The van der Waals surface area contributed by atoms with Crippen molar-refractivity contribution in [1.29, 1.82) is 0 Å². The molecule has 1 atom stereocenters. The highest BCUT2D eigenvalue weighted by molar-refractivity contribution is 6.04. The molecule has 2 rings (SSSR count). The minimum atomic E-state index is -1.66. The predicted octanol–water partition coefficient (Wildman–Crippen LogP) is 2.82. The van der Waals surface area contributed by atoms with E-state index in [9.17, 15) is 19.8 Å². The third-order valence-corrected chi connectivity index (χ3v) is 3.88. The minimum absolute atomic E-state index is 0.0152. The molecule has 0 radical (unpaired) electrons. The van der Waals surface area contributed by atoms with E-state index in [0.717, 1.165) is 0 Å². The molecule has 0 spiro atoms. The van der Waals surface area contributed by atoms with E-state index in [-0.39, 0.29) is 6.42 Å². The summed E-state index contributed by atoms with van der Waals surface area (Å²) in [5, 5.41) is 20.6. The maximum Gasteiger partial charge on any atom is 0.194 e. The molecule has 0 aliphatic rings. The lowest BCUT2D eigenvalue weighted by Gasteiger charge is -2.24. The van der Waals surface area contributed by atoms with Crippen molar-refractivity contribution < 1.29 is 19.8 Å². The molecule has 2 N–H and O–H groups in total. The van der Waals surface area contributed by atoms with Gasteiger partial charge in [-0.05, 0) is 26.3 Å². The van der Waals surface area contributed by atoms with Crippen LogP contribution in [0.15, 0.2) is 54.6 Å². The second-order valence-corrected chi connectivity index (χ2v) is 6.69. The highest BCUT2D eigenvalue weighted by Crippen LogP contribution is 2.24. The average molecular weight is 326 g/mol. The Hall–Kier alpha value is -2.30. The molecule has 126 valence electrons. The molecule has 0 aliphatic carbocycles. The first-order chi connectivity index (χ1) is 11.1. The van der Waals surface area contributed by atoms with Crippen molar-refractivity contribution in [1.82, 2.24) is 0 Å². The van der Waals surface area contributed by atoms with Crippen molar-refractivity contribution in [3.8, 4) is 0 Å². The average Bonchev–Trinajstić information content (AvgIpc) is 2.53. The zero-order chi connectivity index (χ0) is 18.0. The Morgan fingerprint density at radius 3 is 1.96 bits per heavy atom. The number of aliphatic hydroxyl groups is 2. The van der Waals surface area contributed by atoms with E-state index in [0.29, 0.717) is 16.7 Å². The van der Waals surface area contributed by atoms with Crippen LogP contribution in [-0.2, 0) is 6.42 Å². The summed E-state index contributed by atoms with van der Waals surface area (Å²) < 4.78 is 0. The number of carbonyl (C=O) groups excluding carboxylic acids is 2. The maximum absolute atomic E-state index is 12.6. The summed E-state index contributed by atoms with van der Waals surface area (Å²) in [5.41, 5.74) is -1.93. The van der Waals surface area contributed by atoms with Gasteiger partial charge >= 0.3 is 0 Å². The van der Waals surface area contributed by atoms with Crippen molar-refractivity contribution >= 4 is 11.6 Å². The van der Waals surface area contributed by atoms with Gasteiger partial charge in [0.1, 0.15) is 11.2 Å². The fraction of sp³-hybridized carbons (Fsp3) is 0.300. The zero-order valence-electron chi connectivity index (χ0n) is 14.1. The smallest absolute Gasteiger partial charge is 0.194 e. The van der Waals surface area contributed by atoms with Gasteiger partial charge in [-0.1, -0.05) is 54.6 Å². The first kappa shape index (κ1) is 18.0. The van der Waals surface area contributed by atoms with Crippen LogP contribution >= 0.6 is 0 Å². The lowest BCUT2D eigenvalue weighted by Crippen LogP contribution is -2.39. The highest BCUT2D eigenvalue weighted by Gasteiger charge is 2.34. The second kappa shape index (κ2) is 6.67. The summed E-state index contributed by atoms with van der Waals surface area (Å²) >= 11 is 0. The number of Topliss-reactive ketones (excluding diaryl/α,β-unsaturated/α-hetero) is 2. The van der Waals surface area contributed by atoms with E-state index in [1.54, 1.807) is 54.6 Å². The number of benzene rings is 2. The molecule has 0 aliphatic heterocycles. The molecule has 1 unspecified atom stereocenters. The molecule has 24 heavy (non-hydrogen) atoms. The van der Waals surface area contributed by atoms with Crippen molar-refractivity contribution in [2.24, 2.45) is 0 Å². The van der Waals surface area contributed by atoms with Gasteiger partial charge < -0.3 is 10.2 Å². The lowest BCUT2D eigenvalue weighted by molar-refractivity contribution is 0.0400. The van der Waals surface area contributed by atoms with Crippen molar-refractivity contribution in [2.45, 2.75) is 38.4 Å². The van der Waals surface area contributed by atoms with Crippen molar-refractivity contribution in [3.63, 3.8) is 0 Å². The van der Waals surface area contributed by atoms with Gasteiger partial charge in [0.2, 0.25) is 0 Å². The molecule has 4 heteroatoms. The molecular formula is C20H22O4. The van der Waals surface area contributed by atoms with Crippen LogP contribution in [0.1, 0.15) is 47.1 Å². The molecule has 0 fully saturated rings.